The Morgan fingerprint density at radius 3 is 2.52 bits per heavy atom. The van der Waals surface area contributed by atoms with E-state index in [9.17, 15) is 10.1 Å². The molecule has 2 unspecified atom stereocenters. The topological polar surface area (TPSA) is 81.2 Å². The molecule has 1 aromatic carbocycles. The van der Waals surface area contributed by atoms with Crippen LogP contribution in [-0.2, 0) is 0 Å². The Morgan fingerprint density at radius 1 is 1.43 bits per heavy atom. The molecule has 1 fully saturated rings. The van der Waals surface area contributed by atoms with Crippen LogP contribution in [0.5, 0.6) is 0 Å². The van der Waals surface area contributed by atoms with Crippen LogP contribution in [0.4, 0.5) is 11.4 Å². The second-order valence-electron chi connectivity index (χ2n) is 5.67. The minimum absolute atomic E-state index is 0.117. The number of nitrogens with one attached hydrogen (secondary N) is 1. The Hall–Kier alpha value is -1.04. The van der Waals surface area contributed by atoms with E-state index in [-0.39, 0.29) is 21.3 Å². The van der Waals surface area contributed by atoms with Gasteiger partial charge in [-0.2, -0.15) is 0 Å². The van der Waals surface area contributed by atoms with Crippen LogP contribution < -0.4 is 11.1 Å². The molecule has 0 heterocycles. The van der Waals surface area contributed by atoms with Gasteiger partial charge in [0, 0.05) is 18.7 Å². The molecule has 0 aliphatic heterocycles. The molecule has 2 rings (SSSR count). The minimum Gasteiger partial charge on any atom is -0.376 e. The van der Waals surface area contributed by atoms with Crippen LogP contribution in [0, 0.1) is 16.0 Å². The molecule has 0 saturated heterocycles. The highest BCUT2D eigenvalue weighted by Crippen LogP contribution is 2.41. The smallest absolute Gasteiger partial charge is 0.272 e. The van der Waals surface area contributed by atoms with Gasteiger partial charge in [-0.25, -0.2) is 0 Å². The van der Waals surface area contributed by atoms with E-state index >= 15 is 0 Å². The van der Waals surface area contributed by atoms with Gasteiger partial charge in [0.25, 0.3) is 5.69 Å². The van der Waals surface area contributed by atoms with Crippen LogP contribution in [0.1, 0.15) is 32.6 Å². The highest BCUT2D eigenvalue weighted by Gasteiger charge is 2.37. The zero-order chi connectivity index (χ0) is 15.6. The third kappa shape index (κ3) is 3.25. The fourth-order valence-corrected chi connectivity index (χ4v) is 3.56. The van der Waals surface area contributed by atoms with Gasteiger partial charge in [0.15, 0.2) is 0 Å². The first-order chi connectivity index (χ1) is 9.89. The van der Waals surface area contributed by atoms with Crippen molar-refractivity contribution in [1.82, 2.24) is 0 Å². The highest BCUT2D eigenvalue weighted by molar-refractivity contribution is 6.39. The second-order valence-corrected chi connectivity index (χ2v) is 6.49. The average Bonchev–Trinajstić information content (AvgIpc) is 2.44. The number of benzene rings is 1. The van der Waals surface area contributed by atoms with Gasteiger partial charge >= 0.3 is 0 Å². The van der Waals surface area contributed by atoms with Crippen molar-refractivity contribution in [1.29, 1.82) is 0 Å². The summed E-state index contributed by atoms with van der Waals surface area (Å²) in [6.45, 7) is 2.63. The molecule has 21 heavy (non-hydrogen) atoms. The molecule has 2 atom stereocenters. The summed E-state index contributed by atoms with van der Waals surface area (Å²) in [7, 11) is 0. The molecule has 116 valence electrons. The maximum atomic E-state index is 10.8. The normalized spacial score (nSPS) is 25.6. The van der Waals surface area contributed by atoms with Gasteiger partial charge in [-0.1, -0.05) is 43.0 Å². The molecule has 0 bridgehead atoms. The van der Waals surface area contributed by atoms with Crippen LogP contribution in [0.3, 0.4) is 0 Å². The predicted molar refractivity (Wildman–Crippen MR) is 86.2 cm³/mol. The van der Waals surface area contributed by atoms with Crippen LogP contribution in [0.15, 0.2) is 12.1 Å². The quantitative estimate of drug-likeness (QED) is 0.639. The Bertz CT molecular complexity index is 530. The highest BCUT2D eigenvalue weighted by atomic mass is 35.5. The third-order valence-corrected chi connectivity index (χ3v) is 5.03. The first-order valence-electron chi connectivity index (χ1n) is 7.01. The van der Waals surface area contributed by atoms with Crippen molar-refractivity contribution < 1.29 is 4.92 Å². The van der Waals surface area contributed by atoms with E-state index in [2.05, 4.69) is 12.2 Å². The summed E-state index contributed by atoms with van der Waals surface area (Å²) in [6, 6.07) is 2.63. The van der Waals surface area contributed by atoms with Crippen molar-refractivity contribution >= 4 is 34.6 Å². The summed E-state index contributed by atoms with van der Waals surface area (Å²) >= 11 is 12.3. The van der Waals surface area contributed by atoms with Crippen molar-refractivity contribution in [3.8, 4) is 0 Å². The lowest BCUT2D eigenvalue weighted by molar-refractivity contribution is -0.384. The van der Waals surface area contributed by atoms with Crippen LogP contribution in [0.2, 0.25) is 10.0 Å². The average molecular weight is 332 g/mol. The summed E-state index contributed by atoms with van der Waals surface area (Å²) in [4.78, 5) is 10.3. The minimum atomic E-state index is -0.510. The Labute approximate surface area is 133 Å². The summed E-state index contributed by atoms with van der Waals surface area (Å²) in [5, 5.41) is 14.7. The van der Waals surface area contributed by atoms with Gasteiger partial charge in [0.05, 0.1) is 26.2 Å². The van der Waals surface area contributed by atoms with E-state index in [1.165, 1.54) is 18.6 Å². The predicted octanol–water partition coefficient (Wildman–Crippen LogP) is 4.22. The van der Waals surface area contributed by atoms with E-state index in [4.69, 9.17) is 28.9 Å². The number of anilines is 1. The molecule has 1 aromatic rings. The number of nitro groups is 1. The maximum Gasteiger partial charge on any atom is 0.272 e. The molecule has 1 saturated carbocycles. The number of halogens is 2. The largest absolute Gasteiger partial charge is 0.376 e. The van der Waals surface area contributed by atoms with Gasteiger partial charge in [-0.15, -0.1) is 0 Å². The zero-order valence-corrected chi connectivity index (χ0v) is 13.4. The molecule has 0 spiro atoms. The number of nitrogens with zero attached hydrogens (tertiary/aromatic N) is 1. The maximum absolute atomic E-state index is 10.8. The zero-order valence-electron chi connectivity index (χ0n) is 11.9. The lowest BCUT2D eigenvalue weighted by Crippen LogP contribution is -2.52. The Kier molecular flexibility index (Phi) is 4.96. The molecular weight excluding hydrogens is 313 g/mol. The van der Waals surface area contributed by atoms with E-state index in [0.29, 0.717) is 18.2 Å². The Balaban J connectivity index is 2.36. The van der Waals surface area contributed by atoms with Crippen LogP contribution >= 0.6 is 23.2 Å². The van der Waals surface area contributed by atoms with Crippen LogP contribution in [0.25, 0.3) is 0 Å². The SMILES string of the molecule is CC1CCCCC1(CN)Nc1c(Cl)cc([N+](=O)[O-])cc1Cl. The van der Waals surface area contributed by atoms with E-state index < -0.39 is 4.92 Å². The van der Waals surface area contributed by atoms with Crippen molar-refractivity contribution in [2.45, 2.75) is 38.1 Å². The van der Waals surface area contributed by atoms with E-state index in [1.54, 1.807) is 0 Å². The summed E-state index contributed by atoms with van der Waals surface area (Å²) in [5.41, 5.74) is 6.15. The number of hydrogen-bond acceptors (Lipinski definition) is 4. The third-order valence-electron chi connectivity index (χ3n) is 4.43. The lowest BCUT2D eigenvalue weighted by atomic mass is 9.73. The van der Waals surface area contributed by atoms with Crippen molar-refractivity contribution in [3.05, 3.63) is 32.3 Å². The molecule has 0 aromatic heterocycles. The van der Waals surface area contributed by atoms with E-state index in [1.807, 2.05) is 0 Å². The van der Waals surface area contributed by atoms with Gasteiger partial charge in [-0.3, -0.25) is 10.1 Å². The first kappa shape index (κ1) is 16.3. The first-order valence-corrected chi connectivity index (χ1v) is 7.77. The van der Waals surface area contributed by atoms with Crippen LogP contribution in [-0.4, -0.2) is 17.0 Å². The fraction of sp³-hybridized carbons (Fsp3) is 0.571. The number of nitrogens with two attached hydrogens (primary N) is 1. The second kappa shape index (κ2) is 6.38. The van der Waals surface area contributed by atoms with Gasteiger partial charge in [0.1, 0.15) is 0 Å². The molecular formula is C14H19Cl2N3O2. The molecule has 1 aliphatic carbocycles. The van der Waals surface area contributed by atoms with Crippen molar-refractivity contribution in [3.63, 3.8) is 0 Å². The van der Waals surface area contributed by atoms with E-state index in [0.717, 1.165) is 19.3 Å². The molecule has 3 N–H and O–H groups in total. The number of nitro benzene ring substituents is 1. The van der Waals surface area contributed by atoms with Gasteiger partial charge < -0.3 is 11.1 Å². The summed E-state index contributed by atoms with van der Waals surface area (Å²) in [6.07, 6.45) is 4.31. The number of hydrogen-bond donors (Lipinski definition) is 2. The lowest BCUT2D eigenvalue weighted by Gasteiger charge is -2.43. The van der Waals surface area contributed by atoms with Crippen molar-refractivity contribution in [2.24, 2.45) is 11.7 Å². The molecule has 1 aliphatic rings. The Morgan fingerprint density at radius 2 is 2.05 bits per heavy atom. The van der Waals surface area contributed by atoms with Crippen molar-refractivity contribution in [2.75, 3.05) is 11.9 Å². The number of non-ortho nitro benzene ring substituents is 1. The molecule has 0 amide bonds. The molecule has 0 radical (unpaired) electrons. The standard InChI is InChI=1S/C14H19Cl2N3O2/c1-9-4-2-3-5-14(9,8-17)18-13-11(15)6-10(19(20)21)7-12(13)16/h6-7,9,18H,2-5,8,17H2,1H3. The van der Waals surface area contributed by atoms with Gasteiger partial charge in [0.2, 0.25) is 0 Å². The summed E-state index contributed by atoms with van der Waals surface area (Å²) in [5.74, 6) is 0.388. The van der Waals surface area contributed by atoms with Gasteiger partial charge in [-0.05, 0) is 18.8 Å². The monoisotopic (exact) mass is 331 g/mol. The number of rotatable bonds is 4. The molecule has 7 heteroatoms. The summed E-state index contributed by atoms with van der Waals surface area (Å²) < 4.78 is 0. The fourth-order valence-electron chi connectivity index (χ4n) is 2.99. The molecule has 5 nitrogen and oxygen atoms in total.